The Hall–Kier alpha value is -2.86. The Balaban J connectivity index is 0.949. The van der Waals surface area contributed by atoms with Crippen molar-refractivity contribution < 1.29 is 28.9 Å². The molecule has 2 aromatic carbocycles. The molecule has 1 N–H and O–H groups in total. The number of hydrogen-bond acceptors (Lipinski definition) is 6. The Kier molecular flexibility index (Phi) is 16.7. The second kappa shape index (κ2) is 21.6. The fourth-order valence-corrected chi connectivity index (χ4v) is 9.00. The summed E-state index contributed by atoms with van der Waals surface area (Å²) in [4.78, 5) is 25.9. The highest BCUT2D eigenvalue weighted by Gasteiger charge is 2.34. The molecule has 3 aliphatic carbocycles. The lowest BCUT2D eigenvalue weighted by Gasteiger charge is -2.37. The fourth-order valence-electron chi connectivity index (χ4n) is 9.00. The van der Waals surface area contributed by atoms with Gasteiger partial charge in [0.05, 0.1) is 18.1 Å². The molecule has 0 bridgehead atoms. The summed E-state index contributed by atoms with van der Waals surface area (Å²) in [7, 11) is 0. The molecule has 0 spiro atoms. The molecule has 0 heterocycles. The third kappa shape index (κ3) is 12.9. The molecule has 0 aromatic heterocycles. The zero-order chi connectivity index (χ0) is 35.7. The van der Waals surface area contributed by atoms with Crippen molar-refractivity contribution in [3.8, 4) is 11.5 Å². The normalized spacial score (nSPS) is 25.2. The van der Waals surface area contributed by atoms with E-state index in [1.165, 1.54) is 76.2 Å². The fraction of sp³-hybridized carbons (Fsp3) is 0.689. The van der Waals surface area contributed by atoms with Gasteiger partial charge in [0.15, 0.2) is 0 Å². The molecule has 6 nitrogen and oxygen atoms in total. The van der Waals surface area contributed by atoms with Crippen LogP contribution in [0.1, 0.15) is 170 Å². The van der Waals surface area contributed by atoms with E-state index in [1.807, 2.05) is 24.3 Å². The van der Waals surface area contributed by atoms with Crippen molar-refractivity contribution in [3.63, 3.8) is 0 Å². The maximum Gasteiger partial charge on any atom is 0.338 e. The number of esters is 2. The molecule has 0 amide bonds. The zero-order valence-electron chi connectivity index (χ0n) is 31.5. The van der Waals surface area contributed by atoms with Crippen LogP contribution < -0.4 is 9.47 Å². The van der Waals surface area contributed by atoms with Crippen molar-refractivity contribution in [2.45, 2.75) is 160 Å². The van der Waals surface area contributed by atoms with E-state index < -0.39 is 0 Å². The summed E-state index contributed by atoms with van der Waals surface area (Å²) in [6.45, 7) is 3.24. The van der Waals surface area contributed by atoms with Gasteiger partial charge in [-0.2, -0.15) is 0 Å². The van der Waals surface area contributed by atoms with E-state index in [2.05, 4.69) is 19.1 Å². The van der Waals surface area contributed by atoms with Crippen LogP contribution in [0.4, 0.5) is 0 Å². The van der Waals surface area contributed by atoms with Gasteiger partial charge in [-0.1, -0.05) is 83.3 Å². The molecular formula is C45H66O6. The molecule has 3 aliphatic rings. The van der Waals surface area contributed by atoms with E-state index in [-0.39, 0.29) is 30.6 Å². The summed E-state index contributed by atoms with van der Waals surface area (Å²) in [5.41, 5.74) is 1.82. The second-order valence-corrected chi connectivity index (χ2v) is 16.0. The summed E-state index contributed by atoms with van der Waals surface area (Å²) in [6.07, 6.45) is 25.5. The van der Waals surface area contributed by atoms with Crippen LogP contribution in [0.3, 0.4) is 0 Å². The van der Waals surface area contributed by atoms with Gasteiger partial charge >= 0.3 is 11.9 Å². The minimum Gasteiger partial charge on any atom is -0.494 e. The number of aliphatic hydroxyl groups is 1. The number of aliphatic hydroxyl groups excluding tert-OH is 1. The Bertz CT molecular complexity index is 1260. The molecule has 0 radical (unpaired) electrons. The number of rotatable bonds is 19. The monoisotopic (exact) mass is 702 g/mol. The lowest BCUT2D eigenvalue weighted by Crippen LogP contribution is -2.30. The van der Waals surface area contributed by atoms with Crippen LogP contribution in [0.2, 0.25) is 0 Å². The highest BCUT2D eigenvalue weighted by atomic mass is 16.5. The Morgan fingerprint density at radius 3 is 1.90 bits per heavy atom. The van der Waals surface area contributed by atoms with Gasteiger partial charge in [0, 0.05) is 6.61 Å². The largest absolute Gasteiger partial charge is 0.494 e. The van der Waals surface area contributed by atoms with Crippen molar-refractivity contribution in [2.75, 3.05) is 13.2 Å². The van der Waals surface area contributed by atoms with Crippen LogP contribution in [0.5, 0.6) is 11.5 Å². The van der Waals surface area contributed by atoms with Gasteiger partial charge < -0.3 is 19.3 Å². The van der Waals surface area contributed by atoms with Crippen LogP contribution in [0.15, 0.2) is 48.5 Å². The third-order valence-corrected chi connectivity index (χ3v) is 12.3. The first kappa shape index (κ1) is 39.3. The molecule has 0 aliphatic heterocycles. The van der Waals surface area contributed by atoms with E-state index in [0.717, 1.165) is 94.1 Å². The molecule has 3 saturated carbocycles. The quantitative estimate of drug-likeness (QED) is 0.0891. The van der Waals surface area contributed by atoms with Gasteiger partial charge in [0.25, 0.3) is 0 Å². The molecule has 6 heteroatoms. The van der Waals surface area contributed by atoms with Crippen LogP contribution >= 0.6 is 0 Å². The molecule has 0 saturated heterocycles. The van der Waals surface area contributed by atoms with Crippen LogP contribution in [-0.2, 0) is 9.53 Å². The van der Waals surface area contributed by atoms with Crippen molar-refractivity contribution in [3.05, 3.63) is 59.7 Å². The smallest absolute Gasteiger partial charge is 0.338 e. The summed E-state index contributed by atoms with van der Waals surface area (Å²) < 4.78 is 17.6. The molecule has 3 fully saturated rings. The molecule has 2 aromatic rings. The Labute approximate surface area is 308 Å². The number of carbonyl (C=O) groups is 2. The predicted octanol–water partition coefficient (Wildman–Crippen LogP) is 11.4. The Morgan fingerprint density at radius 2 is 1.25 bits per heavy atom. The topological polar surface area (TPSA) is 82.1 Å². The van der Waals surface area contributed by atoms with E-state index in [4.69, 9.17) is 19.3 Å². The second-order valence-electron chi connectivity index (χ2n) is 16.0. The Morgan fingerprint density at radius 1 is 0.647 bits per heavy atom. The number of carbonyl (C=O) groups excluding carboxylic acids is 2. The zero-order valence-corrected chi connectivity index (χ0v) is 31.5. The highest BCUT2D eigenvalue weighted by Crippen LogP contribution is 2.43. The predicted molar refractivity (Wildman–Crippen MR) is 204 cm³/mol. The van der Waals surface area contributed by atoms with Gasteiger partial charge in [0.1, 0.15) is 17.6 Å². The van der Waals surface area contributed by atoms with E-state index in [0.29, 0.717) is 23.8 Å². The minimum absolute atomic E-state index is 0.0318. The first-order chi connectivity index (χ1) is 25.0. The number of unbranched alkanes of at least 4 members (excludes halogenated alkanes) is 7. The SMILES string of the molecule is CCCCCC1CCC(C2CCC(C(=O)Oc3ccc(C4CCC(OC(=O)c5ccc(OCCCCCCCCO)cc5)CC4)cc3)CC2)CC1. The van der Waals surface area contributed by atoms with Crippen molar-refractivity contribution in [2.24, 2.45) is 23.7 Å². The summed E-state index contributed by atoms with van der Waals surface area (Å²) in [5.74, 6) is 4.18. The average molecular weight is 703 g/mol. The van der Waals surface area contributed by atoms with Gasteiger partial charge in [-0.15, -0.1) is 0 Å². The lowest BCUT2D eigenvalue weighted by atomic mass is 9.68. The number of ether oxygens (including phenoxy) is 3. The maximum atomic E-state index is 13.1. The van der Waals surface area contributed by atoms with E-state index >= 15 is 0 Å². The van der Waals surface area contributed by atoms with Crippen molar-refractivity contribution in [1.82, 2.24) is 0 Å². The molecule has 5 rings (SSSR count). The molecule has 0 atom stereocenters. The molecule has 282 valence electrons. The standard InChI is InChI=1S/C45H66O6/c1-2-3-8-11-34-12-14-35(15-13-34)36-16-18-39(19-17-36)44(47)50-42-28-20-37(21-29-42)38-22-30-43(31-23-38)51-45(48)40-24-26-41(27-25-40)49-33-10-7-5-4-6-9-32-46/h20-21,24-29,34-36,38-39,43,46H,2-19,22-23,30-33H2,1H3. The highest BCUT2D eigenvalue weighted by molar-refractivity contribution is 5.89. The maximum absolute atomic E-state index is 13.1. The van der Waals surface area contributed by atoms with Gasteiger partial charge in [0.2, 0.25) is 0 Å². The van der Waals surface area contributed by atoms with Gasteiger partial charge in [-0.05, 0) is 143 Å². The van der Waals surface area contributed by atoms with Crippen molar-refractivity contribution >= 4 is 11.9 Å². The van der Waals surface area contributed by atoms with Crippen LogP contribution in [0, 0.1) is 23.7 Å². The van der Waals surface area contributed by atoms with Crippen molar-refractivity contribution in [1.29, 1.82) is 0 Å². The molecule has 0 unspecified atom stereocenters. The van der Waals surface area contributed by atoms with Gasteiger partial charge in [-0.3, -0.25) is 4.79 Å². The molecular weight excluding hydrogens is 636 g/mol. The summed E-state index contributed by atoms with van der Waals surface area (Å²) in [5, 5.41) is 8.85. The van der Waals surface area contributed by atoms with E-state index in [1.54, 1.807) is 12.1 Å². The lowest BCUT2D eigenvalue weighted by molar-refractivity contribution is -0.140. The van der Waals surface area contributed by atoms with Gasteiger partial charge in [-0.25, -0.2) is 4.79 Å². The first-order valence-corrected chi connectivity index (χ1v) is 20.9. The summed E-state index contributed by atoms with van der Waals surface area (Å²) in [6, 6.07) is 15.4. The number of benzene rings is 2. The van der Waals surface area contributed by atoms with E-state index in [9.17, 15) is 9.59 Å². The first-order valence-electron chi connectivity index (χ1n) is 20.9. The number of hydrogen-bond donors (Lipinski definition) is 1. The molecule has 51 heavy (non-hydrogen) atoms. The average Bonchev–Trinajstić information content (AvgIpc) is 3.17. The third-order valence-electron chi connectivity index (χ3n) is 12.3. The summed E-state index contributed by atoms with van der Waals surface area (Å²) >= 11 is 0. The minimum atomic E-state index is -0.271. The van der Waals surface area contributed by atoms with Crippen LogP contribution in [0.25, 0.3) is 0 Å². The van der Waals surface area contributed by atoms with Crippen LogP contribution in [-0.4, -0.2) is 36.4 Å².